The molecule has 0 saturated carbocycles. The van der Waals surface area contributed by atoms with Gasteiger partial charge in [-0.25, -0.2) is 4.98 Å². The lowest BCUT2D eigenvalue weighted by molar-refractivity contribution is -0.121. The van der Waals surface area contributed by atoms with Gasteiger partial charge in [-0.05, 0) is 23.3 Å². The van der Waals surface area contributed by atoms with E-state index >= 15 is 0 Å². The average Bonchev–Trinajstić information content (AvgIpc) is 3.13. The van der Waals surface area contributed by atoms with Crippen molar-refractivity contribution in [2.24, 2.45) is 0 Å². The average molecular weight is 355 g/mol. The van der Waals surface area contributed by atoms with E-state index < -0.39 is 0 Å². The Morgan fingerprint density at radius 2 is 1.52 bits per heavy atom. The van der Waals surface area contributed by atoms with E-state index in [4.69, 9.17) is 0 Å². The zero-order chi connectivity index (χ0) is 18.5. The number of carbonyl (C=O) groups excluding carboxylic acids is 1. The quantitative estimate of drug-likeness (QED) is 0.571. The zero-order valence-electron chi connectivity index (χ0n) is 15.0. The molecule has 0 unspecified atom stereocenters. The van der Waals surface area contributed by atoms with Crippen LogP contribution in [0.2, 0.25) is 0 Å². The van der Waals surface area contributed by atoms with Crippen molar-refractivity contribution in [1.82, 2.24) is 14.7 Å². The summed E-state index contributed by atoms with van der Waals surface area (Å²) >= 11 is 0. The molecule has 2 aromatic carbocycles. The fourth-order valence-electron chi connectivity index (χ4n) is 3.31. The van der Waals surface area contributed by atoms with Gasteiger partial charge in [0.2, 0.25) is 5.91 Å². The summed E-state index contributed by atoms with van der Waals surface area (Å²) in [5.74, 6) is -0.301. The third-order valence-electron chi connectivity index (χ3n) is 4.62. The third kappa shape index (κ3) is 3.90. The maximum absolute atomic E-state index is 13.0. The van der Waals surface area contributed by atoms with Crippen LogP contribution in [0.1, 0.15) is 22.7 Å². The number of hydrogen-bond donors (Lipinski definition) is 1. The summed E-state index contributed by atoms with van der Waals surface area (Å²) in [7, 11) is 0. The van der Waals surface area contributed by atoms with E-state index in [1.807, 2.05) is 95.7 Å². The molecule has 2 heterocycles. The van der Waals surface area contributed by atoms with Gasteiger partial charge in [-0.3, -0.25) is 4.79 Å². The Labute approximate surface area is 158 Å². The Hall–Kier alpha value is -3.40. The summed E-state index contributed by atoms with van der Waals surface area (Å²) in [6, 6.07) is 25.7. The number of rotatable bonds is 6. The van der Waals surface area contributed by atoms with Crippen molar-refractivity contribution >= 4 is 11.6 Å². The number of nitrogens with zero attached hydrogens (tertiary/aromatic N) is 2. The topological polar surface area (TPSA) is 46.4 Å². The summed E-state index contributed by atoms with van der Waals surface area (Å²) in [6.07, 6.45) is 4.68. The first-order valence-electron chi connectivity index (χ1n) is 9.11. The van der Waals surface area contributed by atoms with Gasteiger partial charge in [-0.15, -0.1) is 0 Å². The maximum Gasteiger partial charge on any atom is 0.232 e. The van der Waals surface area contributed by atoms with E-state index in [1.165, 1.54) is 0 Å². The van der Waals surface area contributed by atoms with Crippen molar-refractivity contribution in [2.75, 3.05) is 6.54 Å². The van der Waals surface area contributed by atoms with Crippen LogP contribution in [0.5, 0.6) is 0 Å². The molecule has 4 aromatic rings. The molecule has 2 aromatic heterocycles. The summed E-state index contributed by atoms with van der Waals surface area (Å²) in [5, 5.41) is 3.08. The van der Waals surface area contributed by atoms with Gasteiger partial charge in [0.1, 0.15) is 5.65 Å². The molecule has 4 nitrogen and oxygen atoms in total. The number of pyridine rings is 1. The summed E-state index contributed by atoms with van der Waals surface area (Å²) in [6.45, 7) is 0.554. The predicted octanol–water partition coefficient (Wildman–Crippen LogP) is 3.83. The van der Waals surface area contributed by atoms with Crippen LogP contribution in [-0.2, 0) is 11.2 Å². The van der Waals surface area contributed by atoms with Crippen LogP contribution in [-0.4, -0.2) is 21.8 Å². The molecule has 0 aliphatic heterocycles. The Balaban J connectivity index is 1.47. The molecule has 4 rings (SSSR count). The molecule has 0 saturated heterocycles. The molecule has 0 radical (unpaired) electrons. The van der Waals surface area contributed by atoms with Crippen molar-refractivity contribution in [3.05, 3.63) is 108 Å². The van der Waals surface area contributed by atoms with Crippen LogP contribution in [0, 0.1) is 0 Å². The van der Waals surface area contributed by atoms with E-state index in [2.05, 4.69) is 10.3 Å². The molecule has 0 atom stereocenters. The van der Waals surface area contributed by atoms with E-state index in [0.717, 1.165) is 22.5 Å². The van der Waals surface area contributed by atoms with Crippen molar-refractivity contribution < 1.29 is 4.79 Å². The van der Waals surface area contributed by atoms with Gasteiger partial charge in [0.05, 0.1) is 11.6 Å². The van der Waals surface area contributed by atoms with Gasteiger partial charge >= 0.3 is 0 Å². The van der Waals surface area contributed by atoms with E-state index in [1.54, 1.807) is 0 Å². The van der Waals surface area contributed by atoms with Gasteiger partial charge in [0, 0.05) is 25.4 Å². The second kappa shape index (κ2) is 7.87. The van der Waals surface area contributed by atoms with Gasteiger partial charge < -0.3 is 9.72 Å². The van der Waals surface area contributed by atoms with Crippen LogP contribution in [0.25, 0.3) is 5.65 Å². The lowest BCUT2D eigenvalue weighted by atomic mass is 9.90. The number of amides is 1. The highest BCUT2D eigenvalue weighted by molar-refractivity contribution is 5.87. The van der Waals surface area contributed by atoms with Crippen LogP contribution < -0.4 is 5.32 Å². The standard InChI is InChI=1S/C23H21N3O/c27-23(24-15-14-20-17-26-16-8-7-13-21(26)25-20)22(18-9-3-1-4-10-18)19-11-5-2-6-12-19/h1-13,16-17,22H,14-15H2,(H,24,27). The van der Waals surface area contributed by atoms with Crippen LogP contribution in [0.15, 0.2) is 91.3 Å². The molecular weight excluding hydrogens is 334 g/mol. The molecular formula is C23H21N3O. The third-order valence-corrected chi connectivity index (χ3v) is 4.62. The monoisotopic (exact) mass is 355 g/mol. The Morgan fingerprint density at radius 1 is 0.889 bits per heavy atom. The minimum Gasteiger partial charge on any atom is -0.355 e. The molecule has 0 aliphatic rings. The fourth-order valence-corrected chi connectivity index (χ4v) is 3.31. The first-order chi connectivity index (χ1) is 13.3. The maximum atomic E-state index is 13.0. The van der Waals surface area contributed by atoms with Crippen LogP contribution in [0.4, 0.5) is 0 Å². The number of imidazole rings is 1. The van der Waals surface area contributed by atoms with Crippen molar-refractivity contribution in [1.29, 1.82) is 0 Å². The molecule has 1 amide bonds. The molecule has 27 heavy (non-hydrogen) atoms. The lowest BCUT2D eigenvalue weighted by Gasteiger charge is -2.17. The SMILES string of the molecule is O=C(NCCc1cn2ccccc2n1)C(c1ccccc1)c1ccccc1. The Kier molecular flexibility index (Phi) is 4.97. The van der Waals surface area contributed by atoms with E-state index in [0.29, 0.717) is 13.0 Å². The summed E-state index contributed by atoms with van der Waals surface area (Å²) in [5.41, 5.74) is 3.88. The highest BCUT2D eigenvalue weighted by atomic mass is 16.1. The van der Waals surface area contributed by atoms with E-state index in [9.17, 15) is 4.79 Å². The summed E-state index contributed by atoms with van der Waals surface area (Å²) in [4.78, 5) is 17.6. The number of hydrogen-bond acceptors (Lipinski definition) is 2. The number of benzene rings is 2. The molecule has 134 valence electrons. The largest absolute Gasteiger partial charge is 0.355 e. The van der Waals surface area contributed by atoms with Gasteiger partial charge in [0.15, 0.2) is 0 Å². The zero-order valence-corrected chi connectivity index (χ0v) is 15.0. The van der Waals surface area contributed by atoms with Crippen molar-refractivity contribution in [3.63, 3.8) is 0 Å². The van der Waals surface area contributed by atoms with Crippen LogP contribution in [0.3, 0.4) is 0 Å². The minimum absolute atomic E-state index is 0.0103. The van der Waals surface area contributed by atoms with Crippen molar-refractivity contribution in [3.8, 4) is 0 Å². The second-order valence-electron chi connectivity index (χ2n) is 6.49. The molecule has 0 spiro atoms. The van der Waals surface area contributed by atoms with E-state index in [-0.39, 0.29) is 11.8 Å². The lowest BCUT2D eigenvalue weighted by Crippen LogP contribution is -2.31. The molecule has 0 bridgehead atoms. The fraction of sp³-hybridized carbons (Fsp3) is 0.130. The van der Waals surface area contributed by atoms with Gasteiger partial charge in [-0.2, -0.15) is 0 Å². The van der Waals surface area contributed by atoms with Crippen LogP contribution >= 0.6 is 0 Å². The number of nitrogens with one attached hydrogen (secondary N) is 1. The number of aromatic nitrogens is 2. The normalized spacial score (nSPS) is 11.0. The highest BCUT2D eigenvalue weighted by Crippen LogP contribution is 2.24. The first kappa shape index (κ1) is 17.0. The molecule has 0 aliphatic carbocycles. The van der Waals surface area contributed by atoms with Gasteiger partial charge in [-0.1, -0.05) is 66.7 Å². The second-order valence-corrected chi connectivity index (χ2v) is 6.49. The smallest absolute Gasteiger partial charge is 0.232 e. The summed E-state index contributed by atoms with van der Waals surface area (Å²) < 4.78 is 1.99. The number of carbonyl (C=O) groups is 1. The minimum atomic E-state index is -0.312. The van der Waals surface area contributed by atoms with Crippen molar-refractivity contribution in [2.45, 2.75) is 12.3 Å². The molecule has 4 heteroatoms. The first-order valence-corrected chi connectivity index (χ1v) is 9.11. The predicted molar refractivity (Wildman–Crippen MR) is 107 cm³/mol. The molecule has 1 N–H and O–H groups in total. The number of fused-ring (bicyclic) bond motifs is 1. The van der Waals surface area contributed by atoms with Gasteiger partial charge in [0.25, 0.3) is 0 Å². The highest BCUT2D eigenvalue weighted by Gasteiger charge is 2.22. The Morgan fingerprint density at radius 3 is 2.15 bits per heavy atom. The molecule has 0 fully saturated rings. The Bertz CT molecular complexity index is 953.